The van der Waals surface area contributed by atoms with Crippen LogP contribution in [0.15, 0.2) is 66.7 Å². The van der Waals surface area contributed by atoms with Gasteiger partial charge in [-0.2, -0.15) is 0 Å². The summed E-state index contributed by atoms with van der Waals surface area (Å²) in [7, 11) is 0. The van der Waals surface area contributed by atoms with Crippen LogP contribution in [0, 0.1) is 0 Å². The Labute approximate surface area is 174 Å². The van der Waals surface area contributed by atoms with Gasteiger partial charge in [0, 0.05) is 23.6 Å². The van der Waals surface area contributed by atoms with Gasteiger partial charge in [0.15, 0.2) is 0 Å². The second kappa shape index (κ2) is 7.55. The van der Waals surface area contributed by atoms with Gasteiger partial charge in [-0.05, 0) is 42.7 Å². The van der Waals surface area contributed by atoms with Crippen molar-refractivity contribution in [3.63, 3.8) is 0 Å². The van der Waals surface area contributed by atoms with Crippen molar-refractivity contribution in [1.29, 1.82) is 0 Å². The topological polar surface area (TPSA) is 93.8 Å². The molecule has 0 spiro atoms. The van der Waals surface area contributed by atoms with Crippen molar-refractivity contribution in [3.8, 4) is 11.3 Å². The zero-order chi connectivity index (χ0) is 20.5. The molecule has 2 aromatic carbocycles. The number of carbonyl (C=O) groups excluding carboxylic acids is 1. The number of nitrogens with two attached hydrogens (primary N) is 1. The number of amides is 1. The molecule has 1 amide bonds. The first-order valence-electron chi connectivity index (χ1n) is 10.0. The molecular weight excluding hydrogens is 374 g/mol. The molecule has 2 aromatic heterocycles. The number of nitrogen functional groups attached to an aromatic ring is 1. The van der Waals surface area contributed by atoms with Gasteiger partial charge >= 0.3 is 0 Å². The van der Waals surface area contributed by atoms with Crippen LogP contribution < -0.4 is 11.1 Å². The first-order chi connectivity index (χ1) is 14.7. The van der Waals surface area contributed by atoms with Crippen LogP contribution in [0.3, 0.4) is 0 Å². The first kappa shape index (κ1) is 18.2. The maximum absolute atomic E-state index is 12.4. The third kappa shape index (κ3) is 3.85. The van der Waals surface area contributed by atoms with Crippen LogP contribution in [0.2, 0.25) is 0 Å². The number of rotatable bonds is 5. The standard InChI is InChI=1S/C24H21N5O/c25-24-28-20-12-11-19(16-7-4-8-17(14-16)23(30)26-18-9-10-18)27-22(20)21(29-24)13-15-5-2-1-3-6-15/h1-8,11-12,14,18H,9-10,13H2,(H,26,30)(H2,25,28,29). The third-order valence-electron chi connectivity index (χ3n) is 5.18. The Kier molecular flexibility index (Phi) is 4.59. The van der Waals surface area contributed by atoms with Crippen LogP contribution in [0.1, 0.15) is 34.5 Å². The quantitative estimate of drug-likeness (QED) is 0.537. The minimum atomic E-state index is -0.0407. The Balaban J connectivity index is 1.53. The van der Waals surface area contributed by atoms with E-state index in [1.807, 2.05) is 54.6 Å². The molecule has 0 unspecified atom stereocenters. The lowest BCUT2D eigenvalue weighted by Gasteiger charge is -2.09. The summed E-state index contributed by atoms with van der Waals surface area (Å²) in [5.41, 5.74) is 11.6. The molecule has 0 radical (unpaired) electrons. The molecule has 4 aromatic rings. The summed E-state index contributed by atoms with van der Waals surface area (Å²) < 4.78 is 0. The molecule has 3 N–H and O–H groups in total. The van der Waals surface area contributed by atoms with Gasteiger partial charge in [-0.1, -0.05) is 42.5 Å². The lowest BCUT2D eigenvalue weighted by molar-refractivity contribution is 0.0951. The lowest BCUT2D eigenvalue weighted by atomic mass is 10.1. The fourth-order valence-electron chi connectivity index (χ4n) is 3.48. The molecule has 0 bridgehead atoms. The van der Waals surface area contributed by atoms with Crippen molar-refractivity contribution in [1.82, 2.24) is 20.3 Å². The van der Waals surface area contributed by atoms with E-state index in [1.54, 1.807) is 0 Å². The summed E-state index contributed by atoms with van der Waals surface area (Å²) in [6, 6.07) is 21.8. The van der Waals surface area contributed by atoms with Crippen molar-refractivity contribution in [3.05, 3.63) is 83.6 Å². The van der Waals surface area contributed by atoms with Gasteiger partial charge in [0.25, 0.3) is 5.91 Å². The lowest BCUT2D eigenvalue weighted by Crippen LogP contribution is -2.25. The second-order valence-corrected chi connectivity index (χ2v) is 7.58. The van der Waals surface area contributed by atoms with Crippen LogP contribution in [0.5, 0.6) is 0 Å². The number of benzene rings is 2. The number of nitrogens with zero attached hydrogens (tertiary/aromatic N) is 3. The van der Waals surface area contributed by atoms with E-state index in [4.69, 9.17) is 10.7 Å². The Bertz CT molecular complexity index is 1240. The largest absolute Gasteiger partial charge is 0.368 e. The molecule has 1 aliphatic carbocycles. The van der Waals surface area contributed by atoms with E-state index in [0.717, 1.165) is 40.9 Å². The molecule has 1 fully saturated rings. The Morgan fingerprint density at radius 1 is 0.967 bits per heavy atom. The van der Waals surface area contributed by atoms with Gasteiger partial charge in [-0.15, -0.1) is 0 Å². The van der Waals surface area contributed by atoms with E-state index in [0.29, 0.717) is 23.5 Å². The van der Waals surface area contributed by atoms with Crippen molar-refractivity contribution in [2.75, 3.05) is 5.73 Å². The van der Waals surface area contributed by atoms with Gasteiger partial charge in [-0.3, -0.25) is 4.79 Å². The number of fused-ring (bicyclic) bond motifs is 1. The zero-order valence-electron chi connectivity index (χ0n) is 16.4. The Morgan fingerprint density at radius 3 is 2.60 bits per heavy atom. The van der Waals surface area contributed by atoms with Crippen LogP contribution in [-0.2, 0) is 6.42 Å². The predicted molar refractivity (Wildman–Crippen MR) is 117 cm³/mol. The maximum atomic E-state index is 12.4. The zero-order valence-corrected chi connectivity index (χ0v) is 16.4. The molecule has 1 aliphatic rings. The van der Waals surface area contributed by atoms with Gasteiger partial charge < -0.3 is 11.1 Å². The van der Waals surface area contributed by atoms with E-state index in [9.17, 15) is 4.79 Å². The van der Waals surface area contributed by atoms with Gasteiger partial charge in [0.05, 0.1) is 16.9 Å². The number of hydrogen-bond donors (Lipinski definition) is 2. The fourth-order valence-corrected chi connectivity index (χ4v) is 3.48. The van der Waals surface area contributed by atoms with Gasteiger partial charge in [0.2, 0.25) is 5.95 Å². The normalized spacial score (nSPS) is 13.3. The molecule has 0 saturated heterocycles. The summed E-state index contributed by atoms with van der Waals surface area (Å²) in [6.45, 7) is 0. The Hall–Kier alpha value is -3.80. The number of nitrogens with one attached hydrogen (secondary N) is 1. The smallest absolute Gasteiger partial charge is 0.251 e. The summed E-state index contributed by atoms with van der Waals surface area (Å²) in [4.78, 5) is 26.1. The average molecular weight is 395 g/mol. The summed E-state index contributed by atoms with van der Waals surface area (Å²) in [5, 5.41) is 3.03. The van der Waals surface area contributed by atoms with Gasteiger partial charge in [0.1, 0.15) is 5.52 Å². The van der Waals surface area contributed by atoms with Crippen LogP contribution in [0.4, 0.5) is 5.95 Å². The number of anilines is 1. The van der Waals surface area contributed by atoms with E-state index in [1.165, 1.54) is 0 Å². The SMILES string of the molecule is Nc1nc(Cc2ccccc2)c2nc(-c3cccc(C(=O)NC4CC4)c3)ccc2n1. The van der Waals surface area contributed by atoms with Crippen LogP contribution in [0.25, 0.3) is 22.3 Å². The Morgan fingerprint density at radius 2 is 1.80 bits per heavy atom. The molecule has 0 aliphatic heterocycles. The molecule has 1 saturated carbocycles. The molecule has 148 valence electrons. The third-order valence-corrected chi connectivity index (χ3v) is 5.18. The molecule has 30 heavy (non-hydrogen) atoms. The number of aromatic nitrogens is 3. The predicted octanol–water partition coefficient (Wildman–Crippen LogP) is 3.76. The van der Waals surface area contributed by atoms with E-state index in [-0.39, 0.29) is 11.9 Å². The monoisotopic (exact) mass is 395 g/mol. The minimum Gasteiger partial charge on any atom is -0.368 e. The molecule has 0 atom stereocenters. The molecule has 2 heterocycles. The van der Waals surface area contributed by atoms with Crippen LogP contribution in [-0.4, -0.2) is 26.9 Å². The van der Waals surface area contributed by atoms with E-state index in [2.05, 4.69) is 27.4 Å². The van der Waals surface area contributed by atoms with Crippen LogP contribution >= 0.6 is 0 Å². The average Bonchev–Trinajstić information content (AvgIpc) is 3.58. The molecule has 6 heteroatoms. The first-order valence-corrected chi connectivity index (χ1v) is 10.0. The summed E-state index contributed by atoms with van der Waals surface area (Å²) in [6.07, 6.45) is 2.74. The highest BCUT2D eigenvalue weighted by Gasteiger charge is 2.23. The highest BCUT2D eigenvalue weighted by Crippen LogP contribution is 2.25. The summed E-state index contributed by atoms with van der Waals surface area (Å²) in [5.74, 6) is 0.197. The molecule has 5 rings (SSSR count). The van der Waals surface area contributed by atoms with Gasteiger partial charge in [-0.25, -0.2) is 15.0 Å². The van der Waals surface area contributed by atoms with E-state index >= 15 is 0 Å². The van der Waals surface area contributed by atoms with Crippen molar-refractivity contribution < 1.29 is 4.79 Å². The van der Waals surface area contributed by atoms with Crippen molar-refractivity contribution >= 4 is 22.9 Å². The van der Waals surface area contributed by atoms with Crippen molar-refractivity contribution in [2.24, 2.45) is 0 Å². The highest BCUT2D eigenvalue weighted by molar-refractivity contribution is 5.95. The number of pyridine rings is 1. The van der Waals surface area contributed by atoms with Crippen molar-refractivity contribution in [2.45, 2.75) is 25.3 Å². The second-order valence-electron chi connectivity index (χ2n) is 7.58. The number of hydrogen-bond acceptors (Lipinski definition) is 5. The highest BCUT2D eigenvalue weighted by atomic mass is 16.1. The van der Waals surface area contributed by atoms with E-state index < -0.39 is 0 Å². The maximum Gasteiger partial charge on any atom is 0.251 e. The summed E-state index contributed by atoms with van der Waals surface area (Å²) >= 11 is 0. The molecular formula is C24H21N5O. The fraction of sp³-hybridized carbons (Fsp3) is 0.167. The minimum absolute atomic E-state index is 0.0407. The molecule has 6 nitrogen and oxygen atoms in total. The number of carbonyl (C=O) groups is 1.